The molecule has 5 aromatic carbocycles. The number of rotatable bonds is 7. The summed E-state index contributed by atoms with van der Waals surface area (Å²) in [7, 11) is 0. The Morgan fingerprint density at radius 3 is 2.08 bits per heavy atom. The van der Waals surface area contributed by atoms with Crippen molar-refractivity contribution in [3.8, 4) is 33.5 Å². The predicted octanol–water partition coefficient (Wildman–Crippen LogP) is 11.2. The zero-order chi connectivity index (χ0) is 34.9. The first-order valence-corrected chi connectivity index (χ1v) is 17.4. The molecule has 8 aromatic rings. The molecule has 0 saturated heterocycles. The fourth-order valence-corrected chi connectivity index (χ4v) is 6.97. The maximum Gasteiger partial charge on any atom is 0.165 e. The van der Waals surface area contributed by atoms with Crippen LogP contribution in [0.4, 0.5) is 0 Å². The predicted molar refractivity (Wildman–Crippen MR) is 217 cm³/mol. The van der Waals surface area contributed by atoms with Gasteiger partial charge in [-0.3, -0.25) is 14.4 Å². The summed E-state index contributed by atoms with van der Waals surface area (Å²) in [4.78, 5) is 19.6. The van der Waals surface area contributed by atoms with Crippen molar-refractivity contribution in [2.45, 2.75) is 6.54 Å². The lowest BCUT2D eigenvalue weighted by atomic mass is 9.96. The molecule has 0 saturated carbocycles. The van der Waals surface area contributed by atoms with Gasteiger partial charge < -0.3 is 0 Å². The quantitative estimate of drug-likeness (QED) is 0.159. The minimum absolute atomic E-state index is 0.551. The summed E-state index contributed by atoms with van der Waals surface area (Å²) >= 11 is 0. The first kappa shape index (κ1) is 31.0. The van der Waals surface area contributed by atoms with Gasteiger partial charge in [-0.25, -0.2) is 9.97 Å². The number of hydrogen-bond donors (Lipinski definition) is 0. The average molecular weight is 668 g/mol. The van der Waals surface area contributed by atoms with E-state index in [2.05, 4.69) is 144 Å². The SMILES string of the molecule is C=N/C(=C1/C=CC=CC1=NCc1ccc(-c2ccc(-c3nc4c(nc5ccccn54)c4ccccc34)cc2)cc1)c1cccc(-c2ccccc2)c1. The van der Waals surface area contributed by atoms with Crippen LogP contribution in [0.5, 0.6) is 0 Å². The van der Waals surface area contributed by atoms with E-state index in [9.17, 15) is 0 Å². The maximum atomic E-state index is 5.16. The van der Waals surface area contributed by atoms with Gasteiger partial charge in [-0.15, -0.1) is 0 Å². The van der Waals surface area contributed by atoms with Gasteiger partial charge in [0.25, 0.3) is 0 Å². The van der Waals surface area contributed by atoms with Crippen molar-refractivity contribution in [2.75, 3.05) is 0 Å². The number of hydrogen-bond acceptors (Lipinski definition) is 4. The van der Waals surface area contributed by atoms with E-state index in [4.69, 9.17) is 15.0 Å². The first-order valence-electron chi connectivity index (χ1n) is 17.4. The summed E-state index contributed by atoms with van der Waals surface area (Å²) in [5.41, 5.74) is 14.1. The molecule has 52 heavy (non-hydrogen) atoms. The molecular formula is C47H33N5. The third-order valence-electron chi connectivity index (χ3n) is 9.60. The highest BCUT2D eigenvalue weighted by molar-refractivity contribution is 6.16. The van der Waals surface area contributed by atoms with Crippen LogP contribution >= 0.6 is 0 Å². The van der Waals surface area contributed by atoms with Crippen LogP contribution < -0.4 is 0 Å². The van der Waals surface area contributed by atoms with Gasteiger partial charge in [-0.2, -0.15) is 0 Å². The number of allylic oxidation sites excluding steroid dienone is 5. The van der Waals surface area contributed by atoms with E-state index >= 15 is 0 Å². The Kier molecular flexibility index (Phi) is 7.99. The third-order valence-corrected chi connectivity index (χ3v) is 9.60. The second kappa shape index (κ2) is 13.4. The molecule has 0 aliphatic heterocycles. The molecule has 0 unspecified atom stereocenters. The van der Waals surface area contributed by atoms with Crippen molar-refractivity contribution in [2.24, 2.45) is 9.98 Å². The smallest absolute Gasteiger partial charge is 0.165 e. The zero-order valence-corrected chi connectivity index (χ0v) is 28.4. The van der Waals surface area contributed by atoms with E-state index in [-0.39, 0.29) is 0 Å². The van der Waals surface area contributed by atoms with E-state index in [1.54, 1.807) is 0 Å². The summed E-state index contributed by atoms with van der Waals surface area (Å²) in [6.07, 6.45) is 10.2. The molecule has 246 valence electrons. The van der Waals surface area contributed by atoms with E-state index in [1.165, 1.54) is 0 Å². The molecule has 0 bridgehead atoms. The van der Waals surface area contributed by atoms with Crippen molar-refractivity contribution in [1.82, 2.24) is 14.4 Å². The summed E-state index contributed by atoms with van der Waals surface area (Å²) in [5, 5.41) is 2.20. The van der Waals surface area contributed by atoms with E-state index in [0.717, 1.165) is 89.2 Å². The highest BCUT2D eigenvalue weighted by Crippen LogP contribution is 2.34. The molecule has 1 aliphatic rings. The Morgan fingerprint density at radius 1 is 0.596 bits per heavy atom. The minimum atomic E-state index is 0.551. The molecule has 0 atom stereocenters. The third kappa shape index (κ3) is 5.74. The van der Waals surface area contributed by atoms with Crippen molar-refractivity contribution in [3.63, 3.8) is 0 Å². The molecule has 0 fully saturated rings. The lowest BCUT2D eigenvalue weighted by Crippen LogP contribution is -2.04. The molecule has 5 heteroatoms. The lowest BCUT2D eigenvalue weighted by molar-refractivity contribution is 1.07. The largest absolute Gasteiger partial charge is 0.284 e. The van der Waals surface area contributed by atoms with Crippen molar-refractivity contribution in [1.29, 1.82) is 0 Å². The second-order valence-electron chi connectivity index (χ2n) is 12.8. The molecule has 0 spiro atoms. The fraction of sp³-hybridized carbons (Fsp3) is 0.0213. The Bertz CT molecular complexity index is 2750. The number of aliphatic imine (C=N–C) groups is 2. The molecule has 3 aromatic heterocycles. The second-order valence-corrected chi connectivity index (χ2v) is 12.8. The summed E-state index contributed by atoms with van der Waals surface area (Å²) < 4.78 is 2.06. The van der Waals surface area contributed by atoms with Gasteiger partial charge in [0.1, 0.15) is 11.2 Å². The number of pyridine rings is 2. The maximum absolute atomic E-state index is 5.16. The number of benzene rings is 5. The minimum Gasteiger partial charge on any atom is -0.284 e. The highest BCUT2D eigenvalue weighted by atomic mass is 15.1. The number of imidazole rings is 1. The van der Waals surface area contributed by atoms with Crippen LogP contribution in [0.3, 0.4) is 0 Å². The molecule has 0 radical (unpaired) electrons. The van der Waals surface area contributed by atoms with Crippen molar-refractivity contribution in [3.05, 3.63) is 193 Å². The topological polar surface area (TPSA) is 54.9 Å². The van der Waals surface area contributed by atoms with Crippen LogP contribution in [0.15, 0.2) is 192 Å². The number of fused-ring (bicyclic) bond motifs is 5. The Hall–Kier alpha value is -6.98. The Balaban J connectivity index is 0.974. The van der Waals surface area contributed by atoms with Crippen molar-refractivity contribution >= 4 is 45.7 Å². The molecule has 9 rings (SSSR count). The van der Waals surface area contributed by atoms with Crippen molar-refractivity contribution < 1.29 is 0 Å². The van der Waals surface area contributed by atoms with E-state index < -0.39 is 0 Å². The van der Waals surface area contributed by atoms with Crippen LogP contribution in [0.25, 0.3) is 66.8 Å². The highest BCUT2D eigenvalue weighted by Gasteiger charge is 2.16. The van der Waals surface area contributed by atoms with Crippen LogP contribution in [-0.4, -0.2) is 26.8 Å². The zero-order valence-electron chi connectivity index (χ0n) is 28.4. The van der Waals surface area contributed by atoms with E-state index in [0.29, 0.717) is 6.54 Å². The van der Waals surface area contributed by atoms with Crippen LogP contribution in [-0.2, 0) is 6.54 Å². The van der Waals surface area contributed by atoms with Gasteiger partial charge in [0.2, 0.25) is 0 Å². The molecule has 1 aliphatic carbocycles. The van der Waals surface area contributed by atoms with Gasteiger partial charge in [-0.05, 0) is 58.8 Å². The van der Waals surface area contributed by atoms with Gasteiger partial charge in [-0.1, -0.05) is 146 Å². The lowest BCUT2D eigenvalue weighted by Gasteiger charge is -2.13. The Labute approximate surface area is 302 Å². The van der Waals surface area contributed by atoms with Crippen LogP contribution in [0.1, 0.15) is 11.1 Å². The van der Waals surface area contributed by atoms with Crippen LogP contribution in [0, 0.1) is 0 Å². The van der Waals surface area contributed by atoms with Gasteiger partial charge in [0.15, 0.2) is 5.65 Å². The standard InChI is InChI=1S/C47H33N5/c1-48-44(38-15-11-14-37(30-38)33-12-3-2-4-13-33)41-18-7-8-19-42(41)49-31-32-21-23-34(24-22-32)35-25-27-36(28-26-35)45-39-16-5-6-17-40(39)46-47(51-45)52-29-10-9-20-43(52)50-46/h2-30H,1,31H2/b44-41-,49-42?. The molecule has 0 N–H and O–H groups in total. The van der Waals surface area contributed by atoms with Gasteiger partial charge >= 0.3 is 0 Å². The van der Waals surface area contributed by atoms with Gasteiger partial charge in [0.05, 0.1) is 23.6 Å². The normalized spacial score (nSPS) is 14.4. The molecule has 0 amide bonds. The summed E-state index contributed by atoms with van der Waals surface area (Å²) in [6.45, 7) is 4.49. The average Bonchev–Trinajstić information content (AvgIpc) is 3.60. The van der Waals surface area contributed by atoms with E-state index in [1.807, 2.05) is 48.7 Å². The summed E-state index contributed by atoms with van der Waals surface area (Å²) in [5.74, 6) is 0. The number of nitrogens with zero attached hydrogens (tertiary/aromatic N) is 5. The fourth-order valence-electron chi connectivity index (χ4n) is 6.97. The monoisotopic (exact) mass is 667 g/mol. The Morgan fingerprint density at radius 2 is 1.27 bits per heavy atom. The summed E-state index contributed by atoms with van der Waals surface area (Å²) in [6, 6.07) is 50.6. The van der Waals surface area contributed by atoms with Gasteiger partial charge in [0, 0.05) is 33.7 Å². The molecular weight excluding hydrogens is 635 g/mol. The first-order chi connectivity index (χ1) is 25.7. The molecule has 5 nitrogen and oxygen atoms in total. The number of aromatic nitrogens is 3. The molecule has 3 heterocycles. The van der Waals surface area contributed by atoms with Crippen LogP contribution in [0.2, 0.25) is 0 Å².